The number of alkyl halides is 1. The predicted molar refractivity (Wildman–Crippen MR) is 81.4 cm³/mol. The van der Waals surface area contributed by atoms with Crippen molar-refractivity contribution in [2.45, 2.75) is 11.9 Å². The number of rotatable bonds is 5. The molecule has 0 aromatic heterocycles. The Hall–Kier alpha value is -1.26. The molecule has 2 aromatic carbocycles. The van der Waals surface area contributed by atoms with Gasteiger partial charge >= 0.3 is 0 Å². The first kappa shape index (κ1) is 15.1. The quantitative estimate of drug-likeness (QED) is 0.702. The molecule has 0 spiro atoms. The predicted octanol–water partition coefficient (Wildman–Crippen LogP) is 4.96. The summed E-state index contributed by atoms with van der Waals surface area (Å²) in [6, 6.07) is 9.98. The van der Waals surface area contributed by atoms with Crippen LogP contribution in [-0.2, 0) is 11.9 Å². The summed E-state index contributed by atoms with van der Waals surface area (Å²) in [4.78, 5) is 0. The van der Waals surface area contributed by atoms with Gasteiger partial charge in [-0.25, -0.2) is 4.39 Å². The molecule has 0 heterocycles. The van der Waals surface area contributed by atoms with Gasteiger partial charge in [-0.3, -0.25) is 0 Å². The van der Waals surface area contributed by atoms with Crippen LogP contribution in [0.1, 0.15) is 11.1 Å². The van der Waals surface area contributed by atoms with Gasteiger partial charge in [0.1, 0.15) is 12.4 Å². The lowest BCUT2D eigenvalue weighted by molar-refractivity contribution is 0.279. The third kappa shape index (κ3) is 3.64. The molecule has 0 aliphatic rings. The van der Waals surface area contributed by atoms with E-state index in [9.17, 15) is 4.39 Å². The first-order valence-corrected chi connectivity index (χ1v) is 7.43. The summed E-state index contributed by atoms with van der Waals surface area (Å²) < 4.78 is 24.5. The molecule has 0 N–H and O–H groups in total. The molecule has 0 atom stereocenters. The molecule has 0 aliphatic carbocycles. The van der Waals surface area contributed by atoms with Crippen LogP contribution in [0.4, 0.5) is 4.39 Å². The van der Waals surface area contributed by atoms with E-state index in [0.29, 0.717) is 22.1 Å². The second-order valence-corrected chi connectivity index (χ2v) is 5.14. The van der Waals surface area contributed by atoms with Crippen LogP contribution in [-0.4, -0.2) is 7.11 Å². The van der Waals surface area contributed by atoms with Crippen LogP contribution in [0, 0.1) is 5.82 Å². The van der Waals surface area contributed by atoms with Crippen LogP contribution in [0.2, 0.25) is 5.02 Å². The Morgan fingerprint density at radius 3 is 2.65 bits per heavy atom. The molecule has 20 heavy (non-hydrogen) atoms. The average molecular weight is 360 g/mol. The number of halogens is 3. The Balaban J connectivity index is 2.16. The minimum atomic E-state index is -0.342. The van der Waals surface area contributed by atoms with Gasteiger partial charge in [-0.1, -0.05) is 33.6 Å². The molecule has 0 unspecified atom stereocenters. The van der Waals surface area contributed by atoms with Crippen molar-refractivity contribution in [3.63, 3.8) is 0 Å². The fourth-order valence-electron chi connectivity index (χ4n) is 1.72. The van der Waals surface area contributed by atoms with E-state index in [2.05, 4.69) is 15.9 Å². The van der Waals surface area contributed by atoms with Gasteiger partial charge in [0, 0.05) is 15.9 Å². The molecule has 0 amide bonds. The maximum Gasteiger partial charge on any atom is 0.161 e. The van der Waals surface area contributed by atoms with Crippen molar-refractivity contribution in [3.05, 3.63) is 58.4 Å². The van der Waals surface area contributed by atoms with Crippen molar-refractivity contribution in [1.29, 1.82) is 0 Å². The van der Waals surface area contributed by atoms with Crippen molar-refractivity contribution in [2.75, 3.05) is 7.11 Å². The van der Waals surface area contributed by atoms with Crippen LogP contribution in [0.3, 0.4) is 0 Å². The van der Waals surface area contributed by atoms with E-state index >= 15 is 0 Å². The summed E-state index contributed by atoms with van der Waals surface area (Å²) in [5.74, 6) is 0.839. The van der Waals surface area contributed by atoms with Gasteiger partial charge in [0.15, 0.2) is 11.5 Å². The van der Waals surface area contributed by atoms with Gasteiger partial charge in [0.2, 0.25) is 0 Å². The summed E-state index contributed by atoms with van der Waals surface area (Å²) in [5, 5.41) is 1.21. The standard InChI is InChI=1S/C15H13BrClFO2/c1-19-15-6-10(8-16)2-5-14(15)20-9-11-7-12(17)3-4-13(11)18/h2-7H,8-9H2,1H3. The Labute approximate surface area is 130 Å². The van der Waals surface area contributed by atoms with Gasteiger partial charge in [-0.2, -0.15) is 0 Å². The van der Waals surface area contributed by atoms with Gasteiger partial charge in [0.05, 0.1) is 7.11 Å². The summed E-state index contributed by atoms with van der Waals surface area (Å²) in [6.07, 6.45) is 0. The molecule has 0 radical (unpaired) electrons. The molecule has 2 rings (SSSR count). The number of hydrogen-bond acceptors (Lipinski definition) is 2. The zero-order chi connectivity index (χ0) is 14.5. The fraction of sp³-hybridized carbons (Fsp3) is 0.200. The van der Waals surface area contributed by atoms with Crippen molar-refractivity contribution < 1.29 is 13.9 Å². The summed E-state index contributed by atoms with van der Waals surface area (Å²) >= 11 is 9.22. The monoisotopic (exact) mass is 358 g/mol. The minimum absolute atomic E-state index is 0.0937. The first-order valence-electron chi connectivity index (χ1n) is 5.93. The fourth-order valence-corrected chi connectivity index (χ4v) is 2.27. The second kappa shape index (κ2) is 6.95. The maximum absolute atomic E-state index is 13.6. The third-order valence-electron chi connectivity index (χ3n) is 2.77. The lowest BCUT2D eigenvalue weighted by Crippen LogP contribution is -2.00. The molecule has 2 nitrogen and oxygen atoms in total. The summed E-state index contributed by atoms with van der Waals surface area (Å²) in [6.45, 7) is 0.0937. The highest BCUT2D eigenvalue weighted by Crippen LogP contribution is 2.30. The van der Waals surface area contributed by atoms with Crippen LogP contribution < -0.4 is 9.47 Å². The molecular formula is C15H13BrClFO2. The SMILES string of the molecule is COc1cc(CBr)ccc1OCc1cc(Cl)ccc1F. The minimum Gasteiger partial charge on any atom is -0.493 e. The lowest BCUT2D eigenvalue weighted by Gasteiger charge is -2.12. The summed E-state index contributed by atoms with van der Waals surface area (Å²) in [7, 11) is 1.57. The molecule has 2 aromatic rings. The van der Waals surface area contributed by atoms with Gasteiger partial charge < -0.3 is 9.47 Å². The van der Waals surface area contributed by atoms with Crippen molar-refractivity contribution in [1.82, 2.24) is 0 Å². The molecule has 106 valence electrons. The Morgan fingerprint density at radius 2 is 1.95 bits per heavy atom. The molecule has 0 aliphatic heterocycles. The molecule has 0 fully saturated rings. The van der Waals surface area contributed by atoms with Crippen LogP contribution in [0.5, 0.6) is 11.5 Å². The van der Waals surface area contributed by atoms with Crippen molar-refractivity contribution >= 4 is 27.5 Å². The van der Waals surface area contributed by atoms with E-state index in [1.54, 1.807) is 19.2 Å². The molecule has 0 saturated heterocycles. The van der Waals surface area contributed by atoms with Gasteiger partial charge in [-0.05, 0) is 35.9 Å². The largest absolute Gasteiger partial charge is 0.493 e. The summed E-state index contributed by atoms with van der Waals surface area (Å²) in [5.41, 5.74) is 1.48. The Kier molecular flexibility index (Phi) is 5.26. The van der Waals surface area contributed by atoms with E-state index < -0.39 is 0 Å². The molecule has 0 bridgehead atoms. The highest BCUT2D eigenvalue weighted by Gasteiger charge is 2.08. The topological polar surface area (TPSA) is 18.5 Å². The van der Waals surface area contributed by atoms with E-state index in [1.807, 2.05) is 12.1 Å². The van der Waals surface area contributed by atoms with E-state index in [1.165, 1.54) is 12.1 Å². The van der Waals surface area contributed by atoms with E-state index in [0.717, 1.165) is 10.9 Å². The number of ether oxygens (including phenoxy) is 2. The van der Waals surface area contributed by atoms with Gasteiger partial charge in [-0.15, -0.1) is 0 Å². The zero-order valence-electron chi connectivity index (χ0n) is 10.8. The number of hydrogen-bond donors (Lipinski definition) is 0. The first-order chi connectivity index (χ1) is 9.63. The van der Waals surface area contributed by atoms with Crippen molar-refractivity contribution in [2.24, 2.45) is 0 Å². The molecule has 0 saturated carbocycles. The average Bonchev–Trinajstić information content (AvgIpc) is 2.48. The smallest absolute Gasteiger partial charge is 0.161 e. The maximum atomic E-state index is 13.6. The highest BCUT2D eigenvalue weighted by atomic mass is 79.9. The second-order valence-electron chi connectivity index (χ2n) is 4.14. The van der Waals surface area contributed by atoms with Crippen LogP contribution >= 0.6 is 27.5 Å². The van der Waals surface area contributed by atoms with Gasteiger partial charge in [0.25, 0.3) is 0 Å². The highest BCUT2D eigenvalue weighted by molar-refractivity contribution is 9.08. The molecular weight excluding hydrogens is 347 g/mol. The third-order valence-corrected chi connectivity index (χ3v) is 3.66. The zero-order valence-corrected chi connectivity index (χ0v) is 13.2. The Bertz CT molecular complexity index is 604. The number of benzene rings is 2. The molecule has 5 heteroatoms. The number of methoxy groups -OCH3 is 1. The van der Waals surface area contributed by atoms with E-state index in [4.69, 9.17) is 21.1 Å². The van der Waals surface area contributed by atoms with Crippen molar-refractivity contribution in [3.8, 4) is 11.5 Å². The van der Waals surface area contributed by atoms with Crippen LogP contribution in [0.15, 0.2) is 36.4 Å². The van der Waals surface area contributed by atoms with Crippen LogP contribution in [0.25, 0.3) is 0 Å². The van der Waals surface area contributed by atoms with E-state index in [-0.39, 0.29) is 12.4 Å². The normalized spacial score (nSPS) is 10.4. The Morgan fingerprint density at radius 1 is 1.15 bits per heavy atom. The lowest BCUT2D eigenvalue weighted by atomic mass is 10.2.